The van der Waals surface area contributed by atoms with Crippen molar-refractivity contribution in [2.24, 2.45) is 33.8 Å². The summed E-state index contributed by atoms with van der Waals surface area (Å²) in [4.78, 5) is 129. The maximum absolute atomic E-state index is 14.2. The number of hydrogen-bond acceptors (Lipinski definition) is 13. The highest BCUT2D eigenvalue weighted by atomic mass is 32.2. The number of H-pyrrole nitrogens is 1. The average molecular weight is 896 g/mol. The van der Waals surface area contributed by atoms with Gasteiger partial charge in [0, 0.05) is 37.8 Å². The topological polar surface area (TPSA) is 403 Å². The Morgan fingerprint density at radius 1 is 0.887 bits per heavy atom. The summed E-state index contributed by atoms with van der Waals surface area (Å²) in [6.45, 7) is 3.62. The van der Waals surface area contributed by atoms with Crippen molar-refractivity contribution < 1.29 is 53.4 Å². The lowest BCUT2D eigenvalue weighted by Gasteiger charge is -2.30. The molecule has 0 aliphatic carbocycles. The molecule has 1 saturated heterocycles. The number of aliphatic imine (C=N–C) groups is 1. The van der Waals surface area contributed by atoms with Crippen LogP contribution in [0.4, 0.5) is 0 Å². The maximum atomic E-state index is 14.2. The van der Waals surface area contributed by atoms with E-state index in [0.717, 1.165) is 0 Å². The zero-order valence-corrected chi connectivity index (χ0v) is 35.9. The number of amides is 7. The van der Waals surface area contributed by atoms with Gasteiger partial charge in [0.1, 0.15) is 36.3 Å². The first-order valence-corrected chi connectivity index (χ1v) is 21.5. The summed E-state index contributed by atoms with van der Waals surface area (Å²) < 4.78 is 0. The molecule has 0 saturated carbocycles. The first-order valence-electron chi connectivity index (χ1n) is 20.1. The van der Waals surface area contributed by atoms with E-state index in [2.05, 4.69) is 41.5 Å². The number of aromatic nitrogens is 2. The molecule has 16 N–H and O–H groups in total. The number of guanidine groups is 1. The predicted molar refractivity (Wildman–Crippen MR) is 225 cm³/mol. The molecule has 1 aromatic heterocycles. The van der Waals surface area contributed by atoms with Crippen molar-refractivity contribution in [2.45, 2.75) is 120 Å². The van der Waals surface area contributed by atoms with Gasteiger partial charge in [0.05, 0.1) is 18.8 Å². The Hall–Kier alpha value is -5.98. The third kappa shape index (κ3) is 17.6. The number of carbonyl (C=O) groups is 9. The highest BCUT2D eigenvalue weighted by Crippen LogP contribution is 2.20. The number of primary amides is 1. The van der Waals surface area contributed by atoms with E-state index in [1.54, 1.807) is 13.8 Å². The van der Waals surface area contributed by atoms with Crippen LogP contribution in [0, 0.1) is 5.92 Å². The van der Waals surface area contributed by atoms with Gasteiger partial charge < -0.3 is 69.6 Å². The Bertz CT molecular complexity index is 1750. The van der Waals surface area contributed by atoms with Crippen LogP contribution in [0.5, 0.6) is 0 Å². The second-order valence-electron chi connectivity index (χ2n) is 14.9. The van der Waals surface area contributed by atoms with Crippen LogP contribution in [0.15, 0.2) is 17.5 Å². The lowest BCUT2D eigenvalue weighted by molar-refractivity contribution is -0.149. The number of aromatic amines is 1. The molecule has 24 nitrogen and oxygen atoms in total. The van der Waals surface area contributed by atoms with Crippen LogP contribution in [0.1, 0.15) is 77.3 Å². The minimum absolute atomic E-state index is 0.0147. The number of carboxylic acids is 2. The number of hydrogen-bond donors (Lipinski definition) is 12. The van der Waals surface area contributed by atoms with Crippen LogP contribution >= 0.6 is 11.8 Å². The molecule has 8 atom stereocenters. The summed E-state index contributed by atoms with van der Waals surface area (Å²) >= 11 is 1.42. The molecule has 0 unspecified atom stereocenters. The summed E-state index contributed by atoms with van der Waals surface area (Å²) in [5, 5.41) is 31.9. The molecular weight excluding hydrogens is 835 g/mol. The van der Waals surface area contributed by atoms with Crippen LogP contribution in [0.25, 0.3) is 0 Å². The number of thioether (sulfide) groups is 1. The summed E-state index contributed by atoms with van der Waals surface area (Å²) in [6.07, 6.45) is 4.34. The van der Waals surface area contributed by atoms with E-state index in [4.69, 9.17) is 22.9 Å². The fraction of sp³-hybridized carbons (Fsp3) is 0.649. The number of aliphatic carboxylic acids is 2. The fourth-order valence-electron chi connectivity index (χ4n) is 6.43. The zero-order chi connectivity index (χ0) is 46.5. The van der Waals surface area contributed by atoms with Crippen molar-refractivity contribution >= 4 is 71.0 Å². The van der Waals surface area contributed by atoms with Gasteiger partial charge in [-0.1, -0.05) is 20.3 Å². The number of carboxylic acid groups (broad SMARTS) is 2. The molecule has 62 heavy (non-hydrogen) atoms. The molecule has 1 fully saturated rings. The highest BCUT2D eigenvalue weighted by Gasteiger charge is 2.39. The second kappa shape index (κ2) is 26.4. The van der Waals surface area contributed by atoms with Crippen LogP contribution in [-0.2, 0) is 49.6 Å². The zero-order valence-electron chi connectivity index (χ0n) is 35.1. The van der Waals surface area contributed by atoms with E-state index in [1.165, 1.54) is 29.2 Å². The van der Waals surface area contributed by atoms with Crippen molar-refractivity contribution in [3.63, 3.8) is 0 Å². The molecular formula is C37H61N13O11S. The summed E-state index contributed by atoms with van der Waals surface area (Å²) in [6, 6.07) is -9.32. The Kier molecular flexibility index (Phi) is 22.2. The number of nitrogens with zero attached hydrogens (tertiary/aromatic N) is 3. The van der Waals surface area contributed by atoms with E-state index in [0.29, 0.717) is 24.3 Å². The first kappa shape index (κ1) is 52.2. The van der Waals surface area contributed by atoms with Crippen LogP contribution in [0.3, 0.4) is 0 Å². The molecule has 2 rings (SSSR count). The van der Waals surface area contributed by atoms with Crippen LogP contribution in [0.2, 0.25) is 0 Å². The van der Waals surface area contributed by atoms with Crippen molar-refractivity contribution in [3.8, 4) is 0 Å². The van der Waals surface area contributed by atoms with Crippen LogP contribution < -0.4 is 49.5 Å². The smallest absolute Gasteiger partial charge is 0.326 e. The van der Waals surface area contributed by atoms with Crippen LogP contribution in [-0.4, -0.2) is 152 Å². The number of nitrogens with one attached hydrogen (secondary N) is 6. The lowest BCUT2D eigenvalue weighted by Crippen LogP contribution is -2.61. The molecule has 1 aliphatic rings. The molecule has 0 spiro atoms. The van der Waals surface area contributed by atoms with E-state index in [1.807, 2.05) is 6.26 Å². The Morgan fingerprint density at radius 3 is 2.10 bits per heavy atom. The fourth-order valence-corrected chi connectivity index (χ4v) is 6.90. The quantitative estimate of drug-likeness (QED) is 0.0219. The predicted octanol–water partition coefficient (Wildman–Crippen LogP) is -3.63. The van der Waals surface area contributed by atoms with E-state index < -0.39 is 108 Å². The SMILES string of the molecule is CC[C@H](C)[C@H](NC(=O)[C@H](CCCN=C(N)N)NC(=O)[C@H](CC(=O)O)NC(=O)[C@@H](N)CCC(N)=O)C(=O)N[C@@H](Cc1cnc[nH]1)C(=O)N[C@@H](CCSC)C(=O)N1CCC[C@H]1C(=O)O. The van der Waals surface area contributed by atoms with Gasteiger partial charge in [-0.05, 0) is 56.5 Å². The van der Waals surface area contributed by atoms with Gasteiger partial charge in [-0.25, -0.2) is 9.78 Å². The minimum Gasteiger partial charge on any atom is -0.481 e. The molecule has 1 aromatic rings. The van der Waals surface area contributed by atoms with Crippen molar-refractivity contribution in [3.05, 3.63) is 18.2 Å². The molecule has 7 amide bonds. The number of nitrogens with two attached hydrogens (primary N) is 4. The van der Waals surface area contributed by atoms with Gasteiger partial charge in [0.25, 0.3) is 0 Å². The normalized spacial score (nSPS) is 16.8. The van der Waals surface area contributed by atoms with Crippen molar-refractivity contribution in [2.75, 3.05) is 25.1 Å². The summed E-state index contributed by atoms with van der Waals surface area (Å²) in [5.41, 5.74) is 22.2. The molecule has 346 valence electrons. The Balaban J connectivity index is 2.41. The number of likely N-dealkylation sites (tertiary alicyclic amines) is 1. The summed E-state index contributed by atoms with van der Waals surface area (Å²) in [5.74, 6) is -8.82. The third-order valence-corrected chi connectivity index (χ3v) is 10.7. The Morgan fingerprint density at radius 2 is 1.52 bits per heavy atom. The Labute approximate surface area is 362 Å². The third-order valence-electron chi connectivity index (χ3n) is 10.1. The number of imidazole rings is 1. The van der Waals surface area contributed by atoms with Gasteiger partial charge in [-0.3, -0.25) is 43.3 Å². The number of rotatable bonds is 28. The first-order chi connectivity index (χ1) is 29.3. The van der Waals surface area contributed by atoms with Gasteiger partial charge >= 0.3 is 11.9 Å². The number of carbonyl (C=O) groups excluding carboxylic acids is 7. The molecule has 0 radical (unpaired) electrons. The molecule has 1 aliphatic heterocycles. The minimum atomic E-state index is -1.73. The van der Waals surface area contributed by atoms with Crippen molar-refractivity contribution in [1.82, 2.24) is 41.5 Å². The average Bonchev–Trinajstić information content (AvgIpc) is 3.93. The van der Waals surface area contributed by atoms with Crippen molar-refractivity contribution in [1.29, 1.82) is 0 Å². The molecule has 2 heterocycles. The molecule has 0 aromatic carbocycles. The van der Waals surface area contributed by atoms with E-state index in [-0.39, 0.29) is 64.0 Å². The second-order valence-corrected chi connectivity index (χ2v) is 15.9. The van der Waals surface area contributed by atoms with Gasteiger partial charge in [-0.2, -0.15) is 11.8 Å². The largest absolute Gasteiger partial charge is 0.481 e. The maximum Gasteiger partial charge on any atom is 0.326 e. The summed E-state index contributed by atoms with van der Waals surface area (Å²) in [7, 11) is 0. The van der Waals surface area contributed by atoms with E-state index in [9.17, 15) is 53.4 Å². The van der Waals surface area contributed by atoms with E-state index >= 15 is 0 Å². The molecule has 25 heteroatoms. The highest BCUT2D eigenvalue weighted by molar-refractivity contribution is 7.98. The van der Waals surface area contributed by atoms with Gasteiger partial charge in [0.2, 0.25) is 41.4 Å². The monoisotopic (exact) mass is 895 g/mol. The standard InChI is InChI=1S/C37H61N13O11S/c1-4-19(2)29(49-31(55)22(7-5-12-43-37(40)41)45-33(57)25(16-28(52)53)47-30(54)21(38)9-10-27(39)51)34(58)48-24(15-20-17-42-18-44-20)32(56)46-23(11-14-62-3)35(59)50-13-6-8-26(50)36(60)61/h17-19,21-26,29H,4-16,38H2,1-3H3,(H2,39,51)(H,42,44)(H,45,57)(H,46,56)(H,47,54)(H,48,58)(H,49,55)(H,52,53)(H,60,61)(H4,40,41,43)/t19-,21-,22-,23-,24-,25-,26-,29-/m0/s1. The van der Waals surface area contributed by atoms with Gasteiger partial charge in [-0.15, -0.1) is 0 Å². The molecule has 0 bridgehead atoms. The van der Waals surface area contributed by atoms with Gasteiger partial charge in [0.15, 0.2) is 5.96 Å². The lowest BCUT2D eigenvalue weighted by atomic mass is 9.96.